The maximum absolute atomic E-state index is 12.2. The standard InChI is InChI=1S/C13H18BrN5O/c1-4-18-8-10(9(3)17-18)6-15-13(20)12-11(14)7-16-19(12)5-2/h7-8H,4-6H2,1-3H3,(H,15,20). The van der Waals surface area contributed by atoms with Crippen molar-refractivity contribution in [1.82, 2.24) is 24.9 Å². The van der Waals surface area contributed by atoms with Gasteiger partial charge in [-0.3, -0.25) is 14.2 Å². The van der Waals surface area contributed by atoms with Crippen LogP contribution in [0.15, 0.2) is 16.9 Å². The van der Waals surface area contributed by atoms with E-state index in [-0.39, 0.29) is 5.91 Å². The number of carbonyl (C=O) groups excluding carboxylic acids is 1. The quantitative estimate of drug-likeness (QED) is 0.907. The van der Waals surface area contributed by atoms with E-state index in [0.29, 0.717) is 23.3 Å². The van der Waals surface area contributed by atoms with Crippen LogP contribution in [0.4, 0.5) is 0 Å². The lowest BCUT2D eigenvalue weighted by Crippen LogP contribution is -2.26. The predicted octanol–water partition coefficient (Wildman–Crippen LogP) is 2.12. The van der Waals surface area contributed by atoms with Crippen LogP contribution in [-0.4, -0.2) is 25.5 Å². The summed E-state index contributed by atoms with van der Waals surface area (Å²) < 4.78 is 4.24. The molecule has 0 spiro atoms. The molecule has 20 heavy (non-hydrogen) atoms. The van der Waals surface area contributed by atoms with Crippen molar-refractivity contribution >= 4 is 21.8 Å². The number of aromatic nitrogens is 4. The first-order valence-corrected chi connectivity index (χ1v) is 7.38. The molecule has 0 aliphatic rings. The first kappa shape index (κ1) is 14.8. The maximum Gasteiger partial charge on any atom is 0.271 e. The highest BCUT2D eigenvalue weighted by molar-refractivity contribution is 9.10. The van der Waals surface area contributed by atoms with Crippen molar-refractivity contribution in [3.05, 3.63) is 33.8 Å². The Morgan fingerprint density at radius 3 is 2.75 bits per heavy atom. The second-order valence-electron chi connectivity index (χ2n) is 4.43. The average molecular weight is 340 g/mol. The van der Waals surface area contributed by atoms with Gasteiger partial charge >= 0.3 is 0 Å². The molecule has 0 bridgehead atoms. The van der Waals surface area contributed by atoms with Crippen LogP contribution in [0, 0.1) is 6.92 Å². The third kappa shape index (κ3) is 2.92. The Labute approximate surface area is 126 Å². The van der Waals surface area contributed by atoms with Crippen molar-refractivity contribution in [2.24, 2.45) is 0 Å². The molecule has 7 heteroatoms. The lowest BCUT2D eigenvalue weighted by Gasteiger charge is -2.07. The molecule has 0 aliphatic heterocycles. The zero-order valence-electron chi connectivity index (χ0n) is 11.9. The highest BCUT2D eigenvalue weighted by atomic mass is 79.9. The molecule has 0 atom stereocenters. The molecule has 0 aliphatic carbocycles. The molecule has 2 heterocycles. The van der Waals surface area contributed by atoms with E-state index in [1.807, 2.05) is 31.6 Å². The Morgan fingerprint density at radius 1 is 1.40 bits per heavy atom. The van der Waals surface area contributed by atoms with Crippen LogP contribution in [0.1, 0.15) is 35.6 Å². The summed E-state index contributed by atoms with van der Waals surface area (Å²) in [5.74, 6) is -0.139. The predicted molar refractivity (Wildman–Crippen MR) is 79.4 cm³/mol. The van der Waals surface area contributed by atoms with Gasteiger partial charge in [0, 0.05) is 31.4 Å². The number of rotatable bonds is 5. The molecule has 1 N–H and O–H groups in total. The van der Waals surface area contributed by atoms with Gasteiger partial charge in [-0.15, -0.1) is 0 Å². The van der Waals surface area contributed by atoms with Gasteiger partial charge in [-0.25, -0.2) is 0 Å². The smallest absolute Gasteiger partial charge is 0.271 e. The van der Waals surface area contributed by atoms with Crippen LogP contribution in [-0.2, 0) is 19.6 Å². The molecule has 6 nitrogen and oxygen atoms in total. The Balaban J connectivity index is 2.08. The van der Waals surface area contributed by atoms with Crippen LogP contribution in [0.3, 0.4) is 0 Å². The van der Waals surface area contributed by atoms with E-state index in [0.717, 1.165) is 17.8 Å². The summed E-state index contributed by atoms with van der Waals surface area (Å²) >= 11 is 3.35. The van der Waals surface area contributed by atoms with E-state index >= 15 is 0 Å². The zero-order valence-corrected chi connectivity index (χ0v) is 13.4. The molecule has 0 fully saturated rings. The first-order valence-electron chi connectivity index (χ1n) is 6.59. The zero-order chi connectivity index (χ0) is 14.7. The minimum absolute atomic E-state index is 0.139. The van der Waals surface area contributed by atoms with Gasteiger partial charge in [-0.2, -0.15) is 10.2 Å². The van der Waals surface area contributed by atoms with Crippen molar-refractivity contribution < 1.29 is 4.79 Å². The third-order valence-corrected chi connectivity index (χ3v) is 3.70. The molecule has 2 aromatic rings. The number of hydrogen-bond donors (Lipinski definition) is 1. The summed E-state index contributed by atoms with van der Waals surface area (Å²) in [6.45, 7) is 7.87. The monoisotopic (exact) mass is 339 g/mol. The van der Waals surface area contributed by atoms with E-state index in [1.165, 1.54) is 0 Å². The van der Waals surface area contributed by atoms with Crippen molar-refractivity contribution in [2.75, 3.05) is 0 Å². The van der Waals surface area contributed by atoms with E-state index in [4.69, 9.17) is 0 Å². The fourth-order valence-corrected chi connectivity index (χ4v) is 2.46. The van der Waals surface area contributed by atoms with Crippen LogP contribution in [0.2, 0.25) is 0 Å². The van der Waals surface area contributed by atoms with Crippen LogP contribution < -0.4 is 5.32 Å². The number of nitrogens with zero attached hydrogens (tertiary/aromatic N) is 4. The summed E-state index contributed by atoms with van der Waals surface area (Å²) in [7, 11) is 0. The average Bonchev–Trinajstić information content (AvgIpc) is 2.99. The number of amides is 1. The number of halogens is 1. The van der Waals surface area contributed by atoms with Crippen LogP contribution in [0.25, 0.3) is 0 Å². The van der Waals surface area contributed by atoms with E-state index in [2.05, 4.69) is 31.4 Å². The van der Waals surface area contributed by atoms with Gasteiger partial charge in [0.05, 0.1) is 16.4 Å². The lowest BCUT2D eigenvalue weighted by atomic mass is 10.2. The van der Waals surface area contributed by atoms with Gasteiger partial charge in [-0.1, -0.05) is 0 Å². The number of nitrogens with one attached hydrogen (secondary N) is 1. The minimum Gasteiger partial charge on any atom is -0.346 e. The second kappa shape index (κ2) is 6.21. The fraction of sp³-hybridized carbons (Fsp3) is 0.462. The van der Waals surface area contributed by atoms with E-state index in [9.17, 15) is 4.79 Å². The van der Waals surface area contributed by atoms with Crippen molar-refractivity contribution in [3.63, 3.8) is 0 Å². The van der Waals surface area contributed by atoms with E-state index < -0.39 is 0 Å². The Morgan fingerprint density at radius 2 is 2.15 bits per heavy atom. The molecule has 2 aromatic heterocycles. The summed E-state index contributed by atoms with van der Waals surface area (Å²) in [4.78, 5) is 12.2. The van der Waals surface area contributed by atoms with E-state index in [1.54, 1.807) is 10.9 Å². The summed E-state index contributed by atoms with van der Waals surface area (Å²) in [6.07, 6.45) is 3.60. The molecule has 0 saturated heterocycles. The third-order valence-electron chi connectivity index (χ3n) is 3.12. The SMILES string of the molecule is CCn1cc(CNC(=O)c2c(Br)cnn2CC)c(C)n1. The molecule has 0 saturated carbocycles. The molecule has 2 rings (SSSR count). The molecule has 0 aromatic carbocycles. The van der Waals surface area contributed by atoms with Gasteiger partial charge in [0.15, 0.2) is 0 Å². The molecular formula is C13H18BrN5O. The summed E-state index contributed by atoms with van der Waals surface area (Å²) in [5.41, 5.74) is 2.52. The normalized spacial score (nSPS) is 10.8. The highest BCUT2D eigenvalue weighted by Crippen LogP contribution is 2.16. The molecule has 0 unspecified atom stereocenters. The summed E-state index contributed by atoms with van der Waals surface area (Å²) in [6, 6.07) is 0. The van der Waals surface area contributed by atoms with Crippen LogP contribution in [0.5, 0.6) is 0 Å². The molecule has 1 amide bonds. The van der Waals surface area contributed by atoms with Crippen LogP contribution >= 0.6 is 15.9 Å². The highest BCUT2D eigenvalue weighted by Gasteiger charge is 2.16. The minimum atomic E-state index is -0.139. The van der Waals surface area contributed by atoms with Gasteiger partial charge < -0.3 is 5.32 Å². The second-order valence-corrected chi connectivity index (χ2v) is 5.29. The number of hydrogen-bond acceptors (Lipinski definition) is 3. The molecular weight excluding hydrogens is 322 g/mol. The number of aryl methyl sites for hydroxylation is 3. The first-order chi connectivity index (χ1) is 9.56. The van der Waals surface area contributed by atoms with Gasteiger partial charge in [0.1, 0.15) is 5.69 Å². The van der Waals surface area contributed by atoms with Crippen molar-refractivity contribution in [3.8, 4) is 0 Å². The fourth-order valence-electron chi connectivity index (χ4n) is 1.98. The Kier molecular flexibility index (Phi) is 4.59. The molecule has 0 radical (unpaired) electrons. The largest absolute Gasteiger partial charge is 0.346 e. The lowest BCUT2D eigenvalue weighted by molar-refractivity contribution is 0.0939. The Hall–Kier alpha value is -1.63. The summed E-state index contributed by atoms with van der Waals surface area (Å²) in [5, 5.41) is 11.4. The van der Waals surface area contributed by atoms with Crippen molar-refractivity contribution in [2.45, 2.75) is 40.4 Å². The Bertz CT molecular complexity index is 616. The number of carbonyl (C=O) groups is 1. The van der Waals surface area contributed by atoms with Gasteiger partial charge in [0.2, 0.25) is 0 Å². The maximum atomic E-state index is 12.2. The molecule has 108 valence electrons. The van der Waals surface area contributed by atoms with Gasteiger partial charge in [0.25, 0.3) is 5.91 Å². The topological polar surface area (TPSA) is 64.7 Å². The van der Waals surface area contributed by atoms with Gasteiger partial charge in [-0.05, 0) is 36.7 Å². The van der Waals surface area contributed by atoms with Crippen molar-refractivity contribution in [1.29, 1.82) is 0 Å².